The summed E-state index contributed by atoms with van der Waals surface area (Å²) in [7, 11) is 0. The summed E-state index contributed by atoms with van der Waals surface area (Å²) in [6, 6.07) is 16.1. The largest absolute Gasteiger partial charge is 0.420 e. The monoisotopic (exact) mass is 296 g/mol. The lowest BCUT2D eigenvalue weighted by Gasteiger charge is -2.13. The predicted octanol–water partition coefficient (Wildman–Crippen LogP) is 2.47. The standard InChI is InChI=1S/C17H16N2O3/c1-12(16(20)18-11-13-7-3-2-4-8-13)19-14-9-5-6-10-15(14)22-17(19)21/h2-10,12H,11H2,1H3,(H,18,20). The van der Waals surface area contributed by atoms with Crippen molar-refractivity contribution in [3.8, 4) is 0 Å². The topological polar surface area (TPSA) is 64.2 Å². The fraction of sp³-hybridized carbons (Fsp3) is 0.176. The van der Waals surface area contributed by atoms with Gasteiger partial charge in [-0.1, -0.05) is 42.5 Å². The number of benzene rings is 2. The van der Waals surface area contributed by atoms with Crippen LogP contribution < -0.4 is 11.1 Å². The lowest BCUT2D eigenvalue weighted by Crippen LogP contribution is -2.34. The Bertz CT molecular complexity index is 849. The molecule has 22 heavy (non-hydrogen) atoms. The number of hydrogen-bond donors (Lipinski definition) is 1. The first kappa shape index (κ1) is 14.1. The first-order valence-electron chi connectivity index (χ1n) is 7.08. The van der Waals surface area contributed by atoms with Crippen LogP contribution in [-0.2, 0) is 11.3 Å². The Morgan fingerprint density at radius 1 is 1.14 bits per heavy atom. The zero-order chi connectivity index (χ0) is 15.5. The van der Waals surface area contributed by atoms with Gasteiger partial charge in [0.15, 0.2) is 5.58 Å². The summed E-state index contributed by atoms with van der Waals surface area (Å²) >= 11 is 0. The molecular weight excluding hydrogens is 280 g/mol. The van der Waals surface area contributed by atoms with Gasteiger partial charge in [0.05, 0.1) is 5.52 Å². The number of amides is 1. The van der Waals surface area contributed by atoms with E-state index in [1.165, 1.54) is 4.57 Å². The maximum Gasteiger partial charge on any atom is 0.420 e. The van der Waals surface area contributed by atoms with E-state index in [1.54, 1.807) is 25.1 Å². The van der Waals surface area contributed by atoms with Gasteiger partial charge in [0.2, 0.25) is 5.91 Å². The first-order valence-corrected chi connectivity index (χ1v) is 7.08. The van der Waals surface area contributed by atoms with Crippen LogP contribution in [0.5, 0.6) is 0 Å². The van der Waals surface area contributed by atoms with Crippen LogP contribution in [-0.4, -0.2) is 10.5 Å². The summed E-state index contributed by atoms with van der Waals surface area (Å²) in [4.78, 5) is 24.3. The van der Waals surface area contributed by atoms with Crippen molar-refractivity contribution in [2.45, 2.75) is 19.5 Å². The third kappa shape index (κ3) is 2.65. The molecule has 112 valence electrons. The number of aromatic nitrogens is 1. The van der Waals surface area contributed by atoms with Crippen molar-refractivity contribution in [1.29, 1.82) is 0 Å². The van der Waals surface area contributed by atoms with E-state index in [0.717, 1.165) is 5.56 Å². The number of para-hydroxylation sites is 2. The SMILES string of the molecule is CC(C(=O)NCc1ccccc1)n1c(=O)oc2ccccc21. The fourth-order valence-corrected chi connectivity index (χ4v) is 2.40. The molecule has 0 fully saturated rings. The molecule has 5 heteroatoms. The molecule has 0 aliphatic rings. The highest BCUT2D eigenvalue weighted by molar-refractivity contribution is 5.82. The molecule has 1 amide bonds. The molecule has 3 aromatic rings. The first-order chi connectivity index (χ1) is 10.7. The Kier molecular flexibility index (Phi) is 3.78. The molecule has 0 saturated heterocycles. The van der Waals surface area contributed by atoms with Gasteiger partial charge in [-0.25, -0.2) is 4.79 Å². The lowest BCUT2D eigenvalue weighted by molar-refractivity contribution is -0.124. The zero-order valence-electron chi connectivity index (χ0n) is 12.2. The fourth-order valence-electron chi connectivity index (χ4n) is 2.40. The van der Waals surface area contributed by atoms with Crippen LogP contribution >= 0.6 is 0 Å². The minimum atomic E-state index is -0.639. The number of rotatable bonds is 4. The Morgan fingerprint density at radius 2 is 1.82 bits per heavy atom. The van der Waals surface area contributed by atoms with E-state index in [9.17, 15) is 9.59 Å². The second kappa shape index (κ2) is 5.89. The number of hydrogen-bond acceptors (Lipinski definition) is 3. The van der Waals surface area contributed by atoms with Crippen molar-refractivity contribution in [1.82, 2.24) is 9.88 Å². The summed E-state index contributed by atoms with van der Waals surface area (Å²) in [5, 5.41) is 2.84. The van der Waals surface area contributed by atoms with Crippen molar-refractivity contribution < 1.29 is 9.21 Å². The molecule has 0 spiro atoms. The van der Waals surface area contributed by atoms with Gasteiger partial charge in [-0.05, 0) is 24.6 Å². The number of carbonyl (C=O) groups excluding carboxylic acids is 1. The highest BCUT2D eigenvalue weighted by Gasteiger charge is 2.20. The van der Waals surface area contributed by atoms with Gasteiger partial charge in [-0.2, -0.15) is 0 Å². The van der Waals surface area contributed by atoms with Crippen molar-refractivity contribution in [2.75, 3.05) is 0 Å². The maximum atomic E-state index is 12.3. The van der Waals surface area contributed by atoms with E-state index < -0.39 is 11.8 Å². The summed E-state index contributed by atoms with van der Waals surface area (Å²) in [5.41, 5.74) is 2.11. The number of nitrogens with zero attached hydrogens (tertiary/aromatic N) is 1. The van der Waals surface area contributed by atoms with Crippen molar-refractivity contribution in [3.63, 3.8) is 0 Å². The number of carbonyl (C=O) groups is 1. The molecule has 3 rings (SSSR count). The van der Waals surface area contributed by atoms with Crippen LogP contribution in [0.15, 0.2) is 63.8 Å². The molecule has 1 unspecified atom stereocenters. The Balaban J connectivity index is 1.80. The molecule has 1 aromatic heterocycles. The Morgan fingerprint density at radius 3 is 2.59 bits per heavy atom. The molecule has 1 N–H and O–H groups in total. The summed E-state index contributed by atoms with van der Waals surface area (Å²) in [5.74, 6) is -0.749. The van der Waals surface area contributed by atoms with E-state index in [0.29, 0.717) is 17.6 Å². The van der Waals surface area contributed by atoms with E-state index in [1.807, 2.05) is 36.4 Å². The van der Waals surface area contributed by atoms with Gasteiger partial charge in [-0.15, -0.1) is 0 Å². The molecule has 0 aliphatic heterocycles. The lowest BCUT2D eigenvalue weighted by atomic mass is 10.2. The molecular formula is C17H16N2O3. The zero-order valence-corrected chi connectivity index (χ0v) is 12.2. The smallest absolute Gasteiger partial charge is 0.408 e. The van der Waals surface area contributed by atoms with Crippen LogP contribution in [0.1, 0.15) is 18.5 Å². The quantitative estimate of drug-likeness (QED) is 0.804. The summed E-state index contributed by atoms with van der Waals surface area (Å²) < 4.78 is 6.53. The number of fused-ring (bicyclic) bond motifs is 1. The third-order valence-corrected chi connectivity index (χ3v) is 3.60. The summed E-state index contributed by atoms with van der Waals surface area (Å²) in [6.07, 6.45) is 0. The van der Waals surface area contributed by atoms with E-state index in [2.05, 4.69) is 5.32 Å². The highest BCUT2D eigenvalue weighted by Crippen LogP contribution is 2.16. The van der Waals surface area contributed by atoms with Gasteiger partial charge >= 0.3 is 5.76 Å². The van der Waals surface area contributed by atoms with Gasteiger partial charge in [-0.3, -0.25) is 9.36 Å². The van der Waals surface area contributed by atoms with Crippen molar-refractivity contribution in [2.24, 2.45) is 0 Å². The van der Waals surface area contributed by atoms with Gasteiger partial charge < -0.3 is 9.73 Å². The molecule has 2 aromatic carbocycles. The molecule has 0 aliphatic carbocycles. The van der Waals surface area contributed by atoms with Gasteiger partial charge in [0.1, 0.15) is 6.04 Å². The molecule has 1 atom stereocenters. The molecule has 0 radical (unpaired) electrons. The highest BCUT2D eigenvalue weighted by atomic mass is 16.4. The van der Waals surface area contributed by atoms with Crippen LogP contribution in [0.25, 0.3) is 11.1 Å². The number of nitrogens with one attached hydrogen (secondary N) is 1. The minimum absolute atomic E-state index is 0.225. The van der Waals surface area contributed by atoms with Crippen molar-refractivity contribution in [3.05, 3.63) is 70.7 Å². The second-order valence-corrected chi connectivity index (χ2v) is 5.09. The second-order valence-electron chi connectivity index (χ2n) is 5.09. The Labute approximate surface area is 127 Å². The van der Waals surface area contributed by atoms with Gasteiger partial charge in [0, 0.05) is 6.54 Å². The average Bonchev–Trinajstić information content (AvgIpc) is 2.88. The maximum absolute atomic E-state index is 12.3. The van der Waals surface area contributed by atoms with Crippen molar-refractivity contribution >= 4 is 17.0 Å². The van der Waals surface area contributed by atoms with Crippen LogP contribution in [0.2, 0.25) is 0 Å². The molecule has 0 bridgehead atoms. The molecule has 0 saturated carbocycles. The molecule has 5 nitrogen and oxygen atoms in total. The normalized spacial score (nSPS) is 12.2. The summed E-state index contributed by atoms with van der Waals surface area (Å²) in [6.45, 7) is 2.11. The van der Waals surface area contributed by atoms with E-state index >= 15 is 0 Å². The Hall–Kier alpha value is -2.82. The molecule has 1 heterocycles. The predicted molar refractivity (Wildman–Crippen MR) is 83.5 cm³/mol. The van der Waals surface area contributed by atoms with E-state index in [-0.39, 0.29) is 5.91 Å². The van der Waals surface area contributed by atoms with Crippen LogP contribution in [0.3, 0.4) is 0 Å². The van der Waals surface area contributed by atoms with Crippen LogP contribution in [0, 0.1) is 0 Å². The third-order valence-electron chi connectivity index (χ3n) is 3.60. The van der Waals surface area contributed by atoms with Gasteiger partial charge in [0.25, 0.3) is 0 Å². The number of oxazole rings is 1. The minimum Gasteiger partial charge on any atom is -0.408 e. The van der Waals surface area contributed by atoms with E-state index in [4.69, 9.17) is 4.42 Å². The average molecular weight is 296 g/mol. The van der Waals surface area contributed by atoms with Crippen LogP contribution in [0.4, 0.5) is 0 Å².